The molecular weight excluding hydrogens is 269 g/mol. The van der Waals surface area contributed by atoms with E-state index in [2.05, 4.69) is 15.0 Å². The highest BCUT2D eigenvalue weighted by Crippen LogP contribution is 2.23. The molecule has 104 valence electrons. The molecule has 1 aromatic heterocycles. The number of anilines is 2. The number of rotatable bonds is 2. The molecule has 0 bridgehead atoms. The zero-order chi connectivity index (χ0) is 14.8. The van der Waals surface area contributed by atoms with Gasteiger partial charge < -0.3 is 11.5 Å². The van der Waals surface area contributed by atoms with Crippen molar-refractivity contribution in [2.24, 2.45) is 0 Å². The van der Waals surface area contributed by atoms with Gasteiger partial charge in [0.15, 0.2) is 5.82 Å². The second-order valence-corrected chi connectivity index (χ2v) is 4.46. The van der Waals surface area contributed by atoms with Crippen LogP contribution in [-0.4, -0.2) is 15.0 Å². The summed E-state index contributed by atoms with van der Waals surface area (Å²) >= 11 is 0. The van der Waals surface area contributed by atoms with Crippen LogP contribution in [0.3, 0.4) is 0 Å². The Labute approximate surface area is 120 Å². The molecule has 0 aliphatic rings. The lowest BCUT2D eigenvalue weighted by Gasteiger charge is -2.05. The molecule has 0 unspecified atom stereocenters. The molecule has 6 heteroatoms. The molecule has 3 rings (SSSR count). The van der Waals surface area contributed by atoms with Crippen molar-refractivity contribution in [3.05, 3.63) is 54.3 Å². The molecule has 0 aliphatic heterocycles. The minimum Gasteiger partial charge on any atom is -0.368 e. The summed E-state index contributed by atoms with van der Waals surface area (Å²) < 4.78 is 12.9. The van der Waals surface area contributed by atoms with E-state index in [-0.39, 0.29) is 17.7 Å². The van der Waals surface area contributed by atoms with Crippen LogP contribution >= 0.6 is 0 Å². The summed E-state index contributed by atoms with van der Waals surface area (Å²) in [5.74, 6) is 0.331. The third-order valence-corrected chi connectivity index (χ3v) is 2.99. The maximum atomic E-state index is 12.9. The summed E-state index contributed by atoms with van der Waals surface area (Å²) in [7, 11) is 0. The van der Waals surface area contributed by atoms with Crippen LogP contribution in [0.2, 0.25) is 0 Å². The number of hydrogen-bond donors (Lipinski definition) is 2. The lowest BCUT2D eigenvalue weighted by Crippen LogP contribution is -2.04. The van der Waals surface area contributed by atoms with E-state index < -0.39 is 0 Å². The number of aromatic nitrogens is 3. The molecule has 0 saturated carbocycles. The lowest BCUT2D eigenvalue weighted by molar-refractivity contribution is 0.628. The highest BCUT2D eigenvalue weighted by Gasteiger charge is 2.05. The number of nitrogen functional groups attached to an aromatic ring is 2. The summed E-state index contributed by atoms with van der Waals surface area (Å²) in [6, 6.07) is 13.8. The van der Waals surface area contributed by atoms with Crippen LogP contribution in [-0.2, 0) is 0 Å². The van der Waals surface area contributed by atoms with E-state index in [9.17, 15) is 4.39 Å². The maximum absolute atomic E-state index is 12.9. The smallest absolute Gasteiger partial charge is 0.225 e. The minimum atomic E-state index is -0.258. The Kier molecular flexibility index (Phi) is 3.19. The first-order valence-electron chi connectivity index (χ1n) is 6.25. The topological polar surface area (TPSA) is 90.7 Å². The van der Waals surface area contributed by atoms with Gasteiger partial charge in [-0.05, 0) is 23.3 Å². The molecule has 0 saturated heterocycles. The van der Waals surface area contributed by atoms with E-state index in [1.807, 2.05) is 24.3 Å². The van der Waals surface area contributed by atoms with Crippen LogP contribution in [0.15, 0.2) is 48.5 Å². The largest absolute Gasteiger partial charge is 0.368 e. The number of hydrogen-bond acceptors (Lipinski definition) is 5. The first kappa shape index (κ1) is 13.0. The van der Waals surface area contributed by atoms with Crippen molar-refractivity contribution in [3.63, 3.8) is 0 Å². The van der Waals surface area contributed by atoms with Gasteiger partial charge >= 0.3 is 0 Å². The lowest BCUT2D eigenvalue weighted by atomic mass is 10.0. The highest BCUT2D eigenvalue weighted by molar-refractivity contribution is 5.68. The van der Waals surface area contributed by atoms with Gasteiger partial charge in [0.1, 0.15) is 5.82 Å². The molecular formula is C15H12FN5. The van der Waals surface area contributed by atoms with Crippen LogP contribution in [0.5, 0.6) is 0 Å². The maximum Gasteiger partial charge on any atom is 0.225 e. The number of benzene rings is 2. The second-order valence-electron chi connectivity index (χ2n) is 4.46. The summed E-state index contributed by atoms with van der Waals surface area (Å²) in [5, 5.41) is 0. The fourth-order valence-corrected chi connectivity index (χ4v) is 1.99. The Balaban J connectivity index is 1.95. The highest BCUT2D eigenvalue weighted by atomic mass is 19.1. The monoisotopic (exact) mass is 281 g/mol. The quantitative estimate of drug-likeness (QED) is 0.753. The van der Waals surface area contributed by atoms with E-state index >= 15 is 0 Å². The number of nitrogens with two attached hydrogens (primary N) is 2. The summed E-state index contributed by atoms with van der Waals surface area (Å²) in [6.45, 7) is 0. The summed E-state index contributed by atoms with van der Waals surface area (Å²) in [4.78, 5) is 11.8. The van der Waals surface area contributed by atoms with E-state index in [0.717, 1.165) is 16.7 Å². The zero-order valence-corrected chi connectivity index (χ0v) is 11.0. The molecule has 0 atom stereocenters. The first-order valence-corrected chi connectivity index (χ1v) is 6.25. The van der Waals surface area contributed by atoms with Gasteiger partial charge in [0.2, 0.25) is 11.9 Å². The predicted octanol–water partition coefficient (Wildman–Crippen LogP) is 2.51. The SMILES string of the molecule is Nc1nc(N)nc(-c2ccc(-c3ccc(F)cc3)cc2)n1. The molecule has 0 aliphatic carbocycles. The molecule has 1 heterocycles. The Hall–Kier alpha value is -3.02. The van der Waals surface area contributed by atoms with Crippen LogP contribution < -0.4 is 11.5 Å². The van der Waals surface area contributed by atoms with Crippen molar-refractivity contribution < 1.29 is 4.39 Å². The van der Waals surface area contributed by atoms with Crippen molar-refractivity contribution in [1.82, 2.24) is 15.0 Å². The number of halogens is 1. The molecule has 0 amide bonds. The average molecular weight is 281 g/mol. The van der Waals surface area contributed by atoms with Gasteiger partial charge in [-0.2, -0.15) is 15.0 Å². The third kappa shape index (κ3) is 2.79. The third-order valence-electron chi connectivity index (χ3n) is 2.99. The molecule has 3 aromatic rings. The van der Waals surface area contributed by atoms with Gasteiger partial charge in [0, 0.05) is 5.56 Å². The van der Waals surface area contributed by atoms with Crippen molar-refractivity contribution in [1.29, 1.82) is 0 Å². The van der Waals surface area contributed by atoms with Gasteiger partial charge in [-0.25, -0.2) is 4.39 Å². The van der Waals surface area contributed by atoms with Crippen LogP contribution in [0.4, 0.5) is 16.3 Å². The molecule has 4 N–H and O–H groups in total. The van der Waals surface area contributed by atoms with Crippen LogP contribution in [0.1, 0.15) is 0 Å². The summed E-state index contributed by atoms with van der Waals surface area (Å²) in [6.07, 6.45) is 0. The molecule has 0 fully saturated rings. The van der Waals surface area contributed by atoms with E-state index in [1.165, 1.54) is 12.1 Å². The minimum absolute atomic E-state index is 0.0834. The van der Waals surface area contributed by atoms with Crippen molar-refractivity contribution in [3.8, 4) is 22.5 Å². The summed E-state index contributed by atoms with van der Waals surface area (Å²) in [5.41, 5.74) is 13.8. The van der Waals surface area contributed by atoms with Gasteiger partial charge in [0.25, 0.3) is 0 Å². The molecule has 0 spiro atoms. The van der Waals surface area contributed by atoms with E-state index in [0.29, 0.717) is 5.82 Å². The van der Waals surface area contributed by atoms with Crippen LogP contribution in [0, 0.1) is 5.82 Å². The van der Waals surface area contributed by atoms with Gasteiger partial charge in [-0.1, -0.05) is 36.4 Å². The van der Waals surface area contributed by atoms with E-state index in [1.54, 1.807) is 12.1 Å². The van der Waals surface area contributed by atoms with Crippen molar-refractivity contribution >= 4 is 11.9 Å². The molecule has 5 nitrogen and oxygen atoms in total. The average Bonchev–Trinajstić information content (AvgIpc) is 2.47. The van der Waals surface area contributed by atoms with Crippen LogP contribution in [0.25, 0.3) is 22.5 Å². The Morgan fingerprint density at radius 2 is 1.05 bits per heavy atom. The molecule has 0 radical (unpaired) electrons. The van der Waals surface area contributed by atoms with Crippen molar-refractivity contribution in [2.45, 2.75) is 0 Å². The fourth-order valence-electron chi connectivity index (χ4n) is 1.99. The predicted molar refractivity (Wildman–Crippen MR) is 79.5 cm³/mol. The standard InChI is InChI=1S/C15H12FN5/c16-12-7-5-10(6-8-12)9-1-3-11(4-2-9)13-19-14(17)21-15(18)20-13/h1-8H,(H4,17,18,19,20,21). The van der Waals surface area contributed by atoms with Crippen molar-refractivity contribution in [2.75, 3.05) is 11.5 Å². The molecule has 2 aromatic carbocycles. The Morgan fingerprint density at radius 1 is 0.619 bits per heavy atom. The van der Waals surface area contributed by atoms with Gasteiger partial charge in [-0.3, -0.25) is 0 Å². The second kappa shape index (κ2) is 5.16. The Bertz CT molecular complexity index is 749. The normalized spacial score (nSPS) is 10.5. The zero-order valence-electron chi connectivity index (χ0n) is 11.0. The first-order chi connectivity index (χ1) is 10.1. The molecule has 21 heavy (non-hydrogen) atoms. The van der Waals surface area contributed by atoms with Gasteiger partial charge in [0.05, 0.1) is 0 Å². The van der Waals surface area contributed by atoms with E-state index in [4.69, 9.17) is 11.5 Å². The Morgan fingerprint density at radius 3 is 1.57 bits per heavy atom. The number of nitrogens with zero attached hydrogens (tertiary/aromatic N) is 3. The van der Waals surface area contributed by atoms with Gasteiger partial charge in [-0.15, -0.1) is 0 Å². The fraction of sp³-hybridized carbons (Fsp3) is 0.